The number of amides is 2. The van der Waals surface area contributed by atoms with Gasteiger partial charge in [0.05, 0.1) is 7.11 Å². The van der Waals surface area contributed by atoms with E-state index in [2.05, 4.69) is 26.6 Å². The van der Waals surface area contributed by atoms with Crippen LogP contribution in [0.5, 0.6) is 5.75 Å². The van der Waals surface area contributed by atoms with Gasteiger partial charge in [-0.05, 0) is 48.4 Å². The SMILES string of the molecule is COc1ccc(/C=C/C(=O)NC(C)C(=O)NCc2cccc(Br)c2)cc1. The number of rotatable bonds is 7. The number of hydrogen-bond acceptors (Lipinski definition) is 3. The molecule has 136 valence electrons. The summed E-state index contributed by atoms with van der Waals surface area (Å²) >= 11 is 3.39. The fourth-order valence-electron chi connectivity index (χ4n) is 2.20. The van der Waals surface area contributed by atoms with Crippen LogP contribution < -0.4 is 15.4 Å². The lowest BCUT2D eigenvalue weighted by Gasteiger charge is -2.13. The van der Waals surface area contributed by atoms with Crippen molar-refractivity contribution in [3.05, 3.63) is 70.2 Å². The number of methoxy groups -OCH3 is 1. The first-order chi connectivity index (χ1) is 12.5. The van der Waals surface area contributed by atoms with E-state index < -0.39 is 6.04 Å². The first-order valence-electron chi connectivity index (χ1n) is 8.12. The molecule has 2 N–H and O–H groups in total. The summed E-state index contributed by atoms with van der Waals surface area (Å²) in [5.74, 6) is 0.185. The van der Waals surface area contributed by atoms with Crippen LogP contribution in [0, 0.1) is 0 Å². The second kappa shape index (κ2) is 9.77. The smallest absolute Gasteiger partial charge is 0.244 e. The van der Waals surface area contributed by atoms with E-state index in [1.54, 1.807) is 20.1 Å². The predicted octanol–water partition coefficient (Wildman–Crippen LogP) is 3.29. The van der Waals surface area contributed by atoms with E-state index in [0.29, 0.717) is 6.54 Å². The molecular formula is C20H21BrN2O3. The van der Waals surface area contributed by atoms with Gasteiger partial charge in [0.25, 0.3) is 0 Å². The van der Waals surface area contributed by atoms with Crippen LogP contribution in [-0.4, -0.2) is 25.0 Å². The topological polar surface area (TPSA) is 67.4 Å². The van der Waals surface area contributed by atoms with Crippen molar-refractivity contribution in [3.8, 4) is 5.75 Å². The summed E-state index contributed by atoms with van der Waals surface area (Å²) in [5.41, 5.74) is 1.85. The lowest BCUT2D eigenvalue weighted by molar-refractivity contribution is -0.126. The van der Waals surface area contributed by atoms with Gasteiger partial charge in [-0.3, -0.25) is 9.59 Å². The van der Waals surface area contributed by atoms with Gasteiger partial charge in [0.1, 0.15) is 11.8 Å². The number of carbonyl (C=O) groups excluding carboxylic acids is 2. The number of ether oxygens (including phenoxy) is 1. The van der Waals surface area contributed by atoms with E-state index in [-0.39, 0.29) is 11.8 Å². The fourth-order valence-corrected chi connectivity index (χ4v) is 2.65. The Morgan fingerprint density at radius 1 is 1.19 bits per heavy atom. The predicted molar refractivity (Wildman–Crippen MR) is 106 cm³/mol. The highest BCUT2D eigenvalue weighted by Crippen LogP contribution is 2.12. The van der Waals surface area contributed by atoms with Crippen LogP contribution in [0.25, 0.3) is 6.08 Å². The van der Waals surface area contributed by atoms with Crippen molar-refractivity contribution in [2.75, 3.05) is 7.11 Å². The Morgan fingerprint density at radius 3 is 2.58 bits per heavy atom. The molecule has 0 fully saturated rings. The molecule has 1 atom stereocenters. The lowest BCUT2D eigenvalue weighted by atomic mass is 10.2. The molecule has 0 aliphatic heterocycles. The third kappa shape index (κ3) is 6.37. The van der Waals surface area contributed by atoms with Gasteiger partial charge in [0.2, 0.25) is 11.8 Å². The van der Waals surface area contributed by atoms with Gasteiger partial charge < -0.3 is 15.4 Å². The Balaban J connectivity index is 1.81. The fraction of sp³-hybridized carbons (Fsp3) is 0.200. The summed E-state index contributed by atoms with van der Waals surface area (Å²) in [6, 6.07) is 14.4. The zero-order chi connectivity index (χ0) is 18.9. The molecule has 26 heavy (non-hydrogen) atoms. The zero-order valence-corrected chi connectivity index (χ0v) is 16.2. The molecular weight excluding hydrogens is 396 g/mol. The van der Waals surface area contributed by atoms with Crippen LogP contribution in [0.15, 0.2) is 59.1 Å². The average Bonchev–Trinajstić information content (AvgIpc) is 2.64. The highest BCUT2D eigenvalue weighted by atomic mass is 79.9. The minimum atomic E-state index is -0.629. The monoisotopic (exact) mass is 416 g/mol. The van der Waals surface area contributed by atoms with Gasteiger partial charge >= 0.3 is 0 Å². The van der Waals surface area contributed by atoms with Crippen molar-refractivity contribution in [1.29, 1.82) is 0 Å². The normalized spacial score (nSPS) is 11.8. The van der Waals surface area contributed by atoms with Crippen LogP contribution in [0.3, 0.4) is 0 Å². The molecule has 6 heteroatoms. The molecule has 1 unspecified atom stereocenters. The summed E-state index contributed by atoms with van der Waals surface area (Å²) in [6.07, 6.45) is 3.08. The van der Waals surface area contributed by atoms with E-state index in [1.165, 1.54) is 6.08 Å². The maximum absolute atomic E-state index is 12.1. The number of halogens is 1. The van der Waals surface area contributed by atoms with Crippen molar-refractivity contribution in [1.82, 2.24) is 10.6 Å². The highest BCUT2D eigenvalue weighted by Gasteiger charge is 2.13. The third-order valence-corrected chi connectivity index (χ3v) is 4.14. The zero-order valence-electron chi connectivity index (χ0n) is 14.7. The van der Waals surface area contributed by atoms with Crippen LogP contribution in [0.4, 0.5) is 0 Å². The standard InChI is InChI=1S/C20H21BrN2O3/c1-14(20(25)22-13-16-4-3-5-17(21)12-16)23-19(24)11-8-15-6-9-18(26-2)10-7-15/h3-12,14H,13H2,1-2H3,(H,22,25)(H,23,24)/b11-8+. The molecule has 0 aromatic heterocycles. The second-order valence-electron chi connectivity index (χ2n) is 5.68. The Kier molecular flexibility index (Phi) is 7.41. The van der Waals surface area contributed by atoms with Gasteiger partial charge in [-0.25, -0.2) is 0 Å². The summed E-state index contributed by atoms with van der Waals surface area (Å²) < 4.78 is 6.04. The quantitative estimate of drug-likeness (QED) is 0.680. The van der Waals surface area contributed by atoms with Crippen molar-refractivity contribution in [3.63, 3.8) is 0 Å². The minimum absolute atomic E-state index is 0.240. The summed E-state index contributed by atoms with van der Waals surface area (Å²) in [4.78, 5) is 24.1. The molecule has 0 radical (unpaired) electrons. The highest BCUT2D eigenvalue weighted by molar-refractivity contribution is 9.10. The Bertz CT molecular complexity index is 788. The van der Waals surface area contributed by atoms with E-state index in [1.807, 2.05) is 48.5 Å². The molecule has 5 nitrogen and oxygen atoms in total. The van der Waals surface area contributed by atoms with Crippen molar-refractivity contribution in [2.24, 2.45) is 0 Å². The molecule has 2 rings (SSSR count). The molecule has 0 bridgehead atoms. The number of carbonyl (C=O) groups is 2. The molecule has 0 spiro atoms. The Morgan fingerprint density at radius 2 is 1.92 bits per heavy atom. The Hall–Kier alpha value is -2.60. The van der Waals surface area contributed by atoms with Crippen molar-refractivity contribution >= 4 is 33.8 Å². The van der Waals surface area contributed by atoms with Crippen LogP contribution >= 0.6 is 15.9 Å². The maximum atomic E-state index is 12.1. The molecule has 0 heterocycles. The summed E-state index contributed by atoms with van der Waals surface area (Å²) in [7, 11) is 1.60. The van der Waals surface area contributed by atoms with Crippen LogP contribution in [0.2, 0.25) is 0 Å². The largest absolute Gasteiger partial charge is 0.497 e. The summed E-state index contributed by atoms with van der Waals surface area (Å²) in [5, 5.41) is 5.45. The molecule has 0 saturated carbocycles. The molecule has 2 amide bonds. The molecule has 2 aromatic carbocycles. The first-order valence-corrected chi connectivity index (χ1v) is 8.92. The second-order valence-corrected chi connectivity index (χ2v) is 6.60. The van der Waals surface area contributed by atoms with E-state index >= 15 is 0 Å². The van der Waals surface area contributed by atoms with Crippen molar-refractivity contribution in [2.45, 2.75) is 19.5 Å². The third-order valence-electron chi connectivity index (χ3n) is 3.65. The van der Waals surface area contributed by atoms with Crippen LogP contribution in [0.1, 0.15) is 18.1 Å². The van der Waals surface area contributed by atoms with E-state index in [9.17, 15) is 9.59 Å². The number of benzene rings is 2. The Labute approximate surface area is 161 Å². The van der Waals surface area contributed by atoms with Gasteiger partial charge in [-0.15, -0.1) is 0 Å². The van der Waals surface area contributed by atoms with Gasteiger partial charge in [0.15, 0.2) is 0 Å². The van der Waals surface area contributed by atoms with Crippen LogP contribution in [-0.2, 0) is 16.1 Å². The maximum Gasteiger partial charge on any atom is 0.244 e. The molecule has 0 saturated heterocycles. The number of nitrogens with one attached hydrogen (secondary N) is 2. The minimum Gasteiger partial charge on any atom is -0.497 e. The van der Waals surface area contributed by atoms with Crippen molar-refractivity contribution < 1.29 is 14.3 Å². The van der Waals surface area contributed by atoms with Gasteiger partial charge in [0, 0.05) is 17.1 Å². The van der Waals surface area contributed by atoms with E-state index in [0.717, 1.165) is 21.3 Å². The average molecular weight is 417 g/mol. The van der Waals surface area contributed by atoms with Gasteiger partial charge in [-0.1, -0.05) is 40.2 Å². The van der Waals surface area contributed by atoms with E-state index in [4.69, 9.17) is 4.74 Å². The number of hydrogen-bond donors (Lipinski definition) is 2. The first kappa shape index (κ1) is 19.7. The molecule has 0 aliphatic carbocycles. The summed E-state index contributed by atoms with van der Waals surface area (Å²) in [6.45, 7) is 2.05. The molecule has 2 aromatic rings. The lowest BCUT2D eigenvalue weighted by Crippen LogP contribution is -2.44. The molecule has 0 aliphatic rings. The van der Waals surface area contributed by atoms with Gasteiger partial charge in [-0.2, -0.15) is 0 Å².